The first-order chi connectivity index (χ1) is 8.84. The molecule has 0 spiro atoms. The molecular formula is C11H11N3O4S. The van der Waals surface area contributed by atoms with Gasteiger partial charge in [0.2, 0.25) is 0 Å². The molecular weight excluding hydrogens is 270 g/mol. The predicted octanol–water partition coefficient (Wildman–Crippen LogP) is -0.332. The van der Waals surface area contributed by atoms with Gasteiger partial charge >= 0.3 is 11.8 Å². The van der Waals surface area contributed by atoms with Crippen LogP contribution in [0.15, 0.2) is 29.2 Å². The molecule has 1 aromatic carbocycles. The zero-order valence-electron chi connectivity index (χ0n) is 10.0. The van der Waals surface area contributed by atoms with Crippen LogP contribution in [0.1, 0.15) is 0 Å². The summed E-state index contributed by atoms with van der Waals surface area (Å²) in [6.45, 7) is -0.265. The second kappa shape index (κ2) is 5.97. The first-order valence-electron chi connectivity index (χ1n) is 5.11. The van der Waals surface area contributed by atoms with Gasteiger partial charge in [0.05, 0.1) is 11.0 Å². The van der Waals surface area contributed by atoms with Crippen molar-refractivity contribution in [3.63, 3.8) is 0 Å². The summed E-state index contributed by atoms with van der Waals surface area (Å²) in [7, 11) is -3.30. The molecule has 1 aromatic rings. The van der Waals surface area contributed by atoms with E-state index in [4.69, 9.17) is 5.26 Å². The third-order valence-corrected chi connectivity index (χ3v) is 3.20. The molecule has 100 valence electrons. The number of nitrogens with one attached hydrogen (secondary N) is 2. The van der Waals surface area contributed by atoms with Crippen LogP contribution < -0.4 is 10.6 Å². The topological polar surface area (TPSA) is 116 Å². The number of benzene rings is 1. The van der Waals surface area contributed by atoms with E-state index in [1.54, 1.807) is 6.07 Å². The van der Waals surface area contributed by atoms with E-state index in [1.807, 2.05) is 0 Å². The fourth-order valence-electron chi connectivity index (χ4n) is 1.17. The van der Waals surface area contributed by atoms with Crippen LogP contribution in [0, 0.1) is 11.3 Å². The lowest BCUT2D eigenvalue weighted by Crippen LogP contribution is -2.35. The number of hydrogen-bond donors (Lipinski definition) is 2. The van der Waals surface area contributed by atoms with Crippen LogP contribution in [0.5, 0.6) is 0 Å². The zero-order chi connectivity index (χ0) is 14.5. The van der Waals surface area contributed by atoms with Crippen LogP contribution in [0.4, 0.5) is 5.69 Å². The molecule has 0 aliphatic heterocycles. The van der Waals surface area contributed by atoms with Gasteiger partial charge in [-0.1, -0.05) is 0 Å². The van der Waals surface area contributed by atoms with E-state index in [2.05, 4.69) is 10.6 Å². The number of nitriles is 1. The molecule has 0 radical (unpaired) electrons. The highest BCUT2D eigenvalue weighted by Gasteiger charge is 2.13. The molecule has 2 N–H and O–H groups in total. The van der Waals surface area contributed by atoms with Crippen LogP contribution in [-0.4, -0.2) is 33.0 Å². The van der Waals surface area contributed by atoms with Gasteiger partial charge in [-0.15, -0.1) is 0 Å². The van der Waals surface area contributed by atoms with Crippen molar-refractivity contribution in [3.05, 3.63) is 24.3 Å². The van der Waals surface area contributed by atoms with Gasteiger partial charge in [0.25, 0.3) is 0 Å². The normalized spacial score (nSPS) is 10.3. The molecule has 7 nitrogen and oxygen atoms in total. The van der Waals surface area contributed by atoms with Gasteiger partial charge in [0.15, 0.2) is 9.84 Å². The summed E-state index contributed by atoms with van der Waals surface area (Å²) < 4.78 is 22.4. The Bertz CT molecular complexity index is 629. The summed E-state index contributed by atoms with van der Waals surface area (Å²) in [5, 5.41) is 12.6. The van der Waals surface area contributed by atoms with E-state index in [0.717, 1.165) is 6.26 Å². The molecule has 0 fully saturated rings. The van der Waals surface area contributed by atoms with Crippen molar-refractivity contribution in [3.8, 4) is 6.07 Å². The van der Waals surface area contributed by atoms with Gasteiger partial charge in [0, 0.05) is 11.9 Å². The Hall–Kier alpha value is -2.40. The van der Waals surface area contributed by atoms with E-state index in [0.29, 0.717) is 0 Å². The number of carbonyl (C=O) groups excluding carboxylic acids is 2. The number of amides is 2. The van der Waals surface area contributed by atoms with Crippen molar-refractivity contribution in [1.29, 1.82) is 5.26 Å². The van der Waals surface area contributed by atoms with Gasteiger partial charge in [-0.25, -0.2) is 8.42 Å². The summed E-state index contributed by atoms with van der Waals surface area (Å²) >= 11 is 0. The molecule has 0 saturated carbocycles. The first-order valence-corrected chi connectivity index (χ1v) is 7.00. The minimum Gasteiger partial charge on any atom is -0.335 e. The Kier molecular flexibility index (Phi) is 4.61. The summed E-state index contributed by atoms with van der Waals surface area (Å²) in [4.78, 5) is 22.6. The highest BCUT2D eigenvalue weighted by Crippen LogP contribution is 2.13. The smallest absolute Gasteiger partial charge is 0.313 e. The van der Waals surface area contributed by atoms with Crippen molar-refractivity contribution in [2.24, 2.45) is 0 Å². The molecule has 0 unspecified atom stereocenters. The maximum Gasteiger partial charge on any atom is 0.313 e. The predicted molar refractivity (Wildman–Crippen MR) is 66.8 cm³/mol. The van der Waals surface area contributed by atoms with Crippen LogP contribution in [-0.2, 0) is 19.4 Å². The third kappa shape index (κ3) is 4.40. The average Bonchev–Trinajstić information content (AvgIpc) is 2.35. The number of nitrogens with zero attached hydrogens (tertiary/aromatic N) is 1. The first kappa shape index (κ1) is 14.7. The van der Waals surface area contributed by atoms with Gasteiger partial charge in [-0.2, -0.15) is 5.26 Å². The van der Waals surface area contributed by atoms with E-state index in [1.165, 1.54) is 24.3 Å². The Morgan fingerprint density at radius 3 is 2.26 bits per heavy atom. The van der Waals surface area contributed by atoms with Crippen LogP contribution in [0.2, 0.25) is 0 Å². The van der Waals surface area contributed by atoms with Gasteiger partial charge < -0.3 is 10.6 Å². The molecule has 0 atom stereocenters. The second-order valence-corrected chi connectivity index (χ2v) is 5.61. The minimum absolute atomic E-state index is 0.111. The van der Waals surface area contributed by atoms with Crippen molar-refractivity contribution < 1.29 is 18.0 Å². The Morgan fingerprint density at radius 2 is 1.79 bits per heavy atom. The molecule has 0 saturated heterocycles. The summed E-state index contributed by atoms with van der Waals surface area (Å²) in [6, 6.07) is 7.03. The fraction of sp³-hybridized carbons (Fsp3) is 0.182. The van der Waals surface area contributed by atoms with E-state index >= 15 is 0 Å². The van der Waals surface area contributed by atoms with Crippen LogP contribution in [0.3, 0.4) is 0 Å². The third-order valence-electron chi connectivity index (χ3n) is 2.07. The molecule has 0 aliphatic carbocycles. The fourth-order valence-corrected chi connectivity index (χ4v) is 1.80. The van der Waals surface area contributed by atoms with E-state index < -0.39 is 21.7 Å². The second-order valence-electron chi connectivity index (χ2n) is 3.59. The maximum absolute atomic E-state index is 11.3. The number of sulfone groups is 1. The monoisotopic (exact) mass is 281 g/mol. The summed E-state index contributed by atoms with van der Waals surface area (Å²) in [5.74, 6) is -1.86. The quantitative estimate of drug-likeness (QED) is 0.581. The average molecular weight is 281 g/mol. The van der Waals surface area contributed by atoms with E-state index in [9.17, 15) is 18.0 Å². The highest BCUT2D eigenvalue weighted by molar-refractivity contribution is 7.90. The molecule has 1 rings (SSSR count). The Morgan fingerprint density at radius 1 is 1.21 bits per heavy atom. The highest BCUT2D eigenvalue weighted by atomic mass is 32.2. The molecule has 0 bridgehead atoms. The van der Waals surface area contributed by atoms with Crippen molar-refractivity contribution in [2.75, 3.05) is 18.1 Å². The number of rotatable bonds is 3. The lowest BCUT2D eigenvalue weighted by Gasteiger charge is -2.05. The van der Waals surface area contributed by atoms with Crippen LogP contribution >= 0.6 is 0 Å². The lowest BCUT2D eigenvalue weighted by molar-refractivity contribution is -0.136. The Balaban J connectivity index is 2.71. The van der Waals surface area contributed by atoms with Crippen molar-refractivity contribution >= 4 is 27.3 Å². The van der Waals surface area contributed by atoms with Crippen LogP contribution in [0.25, 0.3) is 0 Å². The molecule has 0 heterocycles. The van der Waals surface area contributed by atoms with Crippen molar-refractivity contribution in [2.45, 2.75) is 4.90 Å². The molecule has 0 aromatic heterocycles. The standard InChI is InChI=1S/C11H11N3O4S/c1-19(17,18)9-4-2-8(3-5-9)14-11(16)10(15)13-7-6-12/h2-5H,7H2,1H3,(H,13,15)(H,14,16). The minimum atomic E-state index is -3.30. The van der Waals surface area contributed by atoms with E-state index in [-0.39, 0.29) is 17.1 Å². The van der Waals surface area contributed by atoms with Gasteiger partial charge in [-0.3, -0.25) is 9.59 Å². The SMILES string of the molecule is CS(=O)(=O)c1ccc(NC(=O)C(=O)NCC#N)cc1. The molecule has 2 amide bonds. The largest absolute Gasteiger partial charge is 0.335 e. The van der Waals surface area contributed by atoms with Gasteiger partial charge in [0.1, 0.15) is 6.54 Å². The molecule has 0 aliphatic rings. The van der Waals surface area contributed by atoms with Crippen molar-refractivity contribution in [1.82, 2.24) is 5.32 Å². The molecule has 19 heavy (non-hydrogen) atoms. The molecule has 8 heteroatoms. The Labute approximate surface area is 110 Å². The number of anilines is 1. The number of carbonyl (C=O) groups is 2. The van der Waals surface area contributed by atoms with Gasteiger partial charge in [-0.05, 0) is 24.3 Å². The zero-order valence-corrected chi connectivity index (χ0v) is 10.8. The number of hydrogen-bond acceptors (Lipinski definition) is 5. The lowest BCUT2D eigenvalue weighted by atomic mass is 10.3. The maximum atomic E-state index is 11.3. The summed E-state index contributed by atoms with van der Waals surface area (Å²) in [6.07, 6.45) is 1.07. The summed E-state index contributed by atoms with van der Waals surface area (Å²) in [5.41, 5.74) is 0.282.